The maximum Gasteiger partial charge on any atom is 0.348 e. The van der Waals surface area contributed by atoms with Gasteiger partial charge in [0.2, 0.25) is 5.60 Å². The van der Waals surface area contributed by atoms with Gasteiger partial charge in [-0.25, -0.2) is 4.79 Å². The van der Waals surface area contributed by atoms with Gasteiger partial charge in [0, 0.05) is 29.3 Å². The van der Waals surface area contributed by atoms with Crippen LogP contribution < -0.4 is 5.32 Å². The molecular formula is C30H32ClN2O4+. The van der Waals surface area contributed by atoms with Gasteiger partial charge in [0.25, 0.3) is 5.91 Å². The predicted molar refractivity (Wildman–Crippen MR) is 142 cm³/mol. The zero-order chi connectivity index (χ0) is 25.9. The van der Waals surface area contributed by atoms with Crippen LogP contribution in [-0.4, -0.2) is 60.3 Å². The molecule has 3 heterocycles. The standard InChI is InChI=1S/C30H31ClN2O4/c31-26-13-11-23(12-14-26)28(34)32-17-20-33-18-15-22(16-19-33)27(21-33)37-29(35)30(36,24-7-3-1-4-8-24)25-9-5-2-6-10-25/h1-14,22,27,36H,15-21H2/p+1/t22?,27-,33?/m0/s1. The summed E-state index contributed by atoms with van der Waals surface area (Å²) in [6, 6.07) is 24.8. The number of ether oxygens (including phenoxy) is 1. The summed E-state index contributed by atoms with van der Waals surface area (Å²) in [6.45, 7) is 3.98. The summed E-state index contributed by atoms with van der Waals surface area (Å²) in [6.07, 6.45) is 1.64. The molecule has 0 saturated carbocycles. The van der Waals surface area contributed by atoms with Crippen LogP contribution in [0.25, 0.3) is 0 Å². The third-order valence-electron chi connectivity index (χ3n) is 7.96. The molecule has 6 nitrogen and oxygen atoms in total. The van der Waals surface area contributed by atoms with Crippen molar-refractivity contribution in [1.82, 2.24) is 5.32 Å². The van der Waals surface area contributed by atoms with E-state index in [9.17, 15) is 14.7 Å². The van der Waals surface area contributed by atoms with Gasteiger partial charge in [0.05, 0.1) is 26.2 Å². The second kappa shape index (κ2) is 10.7. The van der Waals surface area contributed by atoms with Crippen LogP contribution in [0.2, 0.25) is 5.02 Å². The molecule has 3 aromatic rings. The number of amides is 1. The molecule has 3 aliphatic heterocycles. The van der Waals surface area contributed by atoms with E-state index < -0.39 is 11.6 Å². The van der Waals surface area contributed by atoms with Crippen LogP contribution in [0.15, 0.2) is 84.9 Å². The Labute approximate surface area is 222 Å². The molecule has 1 atom stereocenters. The normalized spacial score (nSPS) is 22.9. The van der Waals surface area contributed by atoms with E-state index in [1.807, 2.05) is 36.4 Å². The molecule has 0 aromatic heterocycles. The van der Waals surface area contributed by atoms with Crippen molar-refractivity contribution in [3.63, 3.8) is 0 Å². The second-order valence-electron chi connectivity index (χ2n) is 10.2. The Hall–Kier alpha value is -3.19. The molecule has 0 spiro atoms. The fourth-order valence-corrected chi connectivity index (χ4v) is 5.89. The van der Waals surface area contributed by atoms with Gasteiger partial charge in [0.1, 0.15) is 6.54 Å². The lowest BCUT2D eigenvalue weighted by molar-refractivity contribution is -0.945. The van der Waals surface area contributed by atoms with Crippen molar-refractivity contribution in [2.24, 2.45) is 5.92 Å². The number of aliphatic hydroxyl groups is 1. The number of nitrogens with one attached hydrogen (secondary N) is 1. The average Bonchev–Trinajstić information content (AvgIpc) is 2.94. The zero-order valence-corrected chi connectivity index (χ0v) is 21.4. The highest BCUT2D eigenvalue weighted by molar-refractivity contribution is 6.30. The Morgan fingerprint density at radius 1 is 0.919 bits per heavy atom. The van der Waals surface area contributed by atoms with E-state index in [0.717, 1.165) is 37.0 Å². The highest BCUT2D eigenvalue weighted by Gasteiger charge is 2.50. The Morgan fingerprint density at radius 3 is 2.05 bits per heavy atom. The van der Waals surface area contributed by atoms with Crippen LogP contribution in [0.4, 0.5) is 0 Å². The molecular weight excluding hydrogens is 488 g/mol. The zero-order valence-electron chi connectivity index (χ0n) is 20.7. The van der Waals surface area contributed by atoms with E-state index in [-0.39, 0.29) is 17.9 Å². The van der Waals surface area contributed by atoms with Gasteiger partial charge in [-0.2, -0.15) is 0 Å². The third kappa shape index (κ3) is 5.28. The van der Waals surface area contributed by atoms with Gasteiger partial charge in [-0.15, -0.1) is 0 Å². The summed E-state index contributed by atoms with van der Waals surface area (Å²) in [5.41, 5.74) is -0.330. The van der Waals surface area contributed by atoms with Gasteiger partial charge < -0.3 is 19.6 Å². The van der Waals surface area contributed by atoms with E-state index in [1.54, 1.807) is 48.5 Å². The maximum atomic E-state index is 13.7. The highest BCUT2D eigenvalue weighted by Crippen LogP contribution is 2.38. The lowest BCUT2D eigenvalue weighted by Crippen LogP contribution is -2.66. The molecule has 7 heteroatoms. The molecule has 3 aromatic carbocycles. The van der Waals surface area contributed by atoms with E-state index in [0.29, 0.717) is 34.8 Å². The van der Waals surface area contributed by atoms with Gasteiger partial charge >= 0.3 is 5.97 Å². The van der Waals surface area contributed by atoms with E-state index in [4.69, 9.17) is 16.3 Å². The Morgan fingerprint density at radius 2 is 1.49 bits per heavy atom. The van der Waals surface area contributed by atoms with Gasteiger partial charge in [-0.05, 0) is 35.4 Å². The number of carbonyl (C=O) groups excluding carboxylic acids is 2. The Kier molecular flexibility index (Phi) is 7.33. The van der Waals surface area contributed by atoms with Crippen LogP contribution in [0, 0.1) is 5.92 Å². The predicted octanol–water partition coefficient (Wildman–Crippen LogP) is 4.16. The molecule has 37 heavy (non-hydrogen) atoms. The van der Waals surface area contributed by atoms with Crippen molar-refractivity contribution in [2.45, 2.75) is 24.5 Å². The van der Waals surface area contributed by atoms with Crippen molar-refractivity contribution in [3.05, 3.63) is 107 Å². The van der Waals surface area contributed by atoms with Crippen LogP contribution in [0.3, 0.4) is 0 Å². The summed E-state index contributed by atoms with van der Waals surface area (Å²) < 4.78 is 6.92. The molecule has 6 rings (SSSR count). The van der Waals surface area contributed by atoms with Crippen LogP contribution >= 0.6 is 11.6 Å². The van der Waals surface area contributed by atoms with Crippen LogP contribution in [-0.2, 0) is 15.1 Å². The first-order valence-corrected chi connectivity index (χ1v) is 13.2. The first-order chi connectivity index (χ1) is 17.9. The minimum absolute atomic E-state index is 0.125. The van der Waals surface area contributed by atoms with Crippen molar-refractivity contribution < 1.29 is 23.9 Å². The summed E-state index contributed by atoms with van der Waals surface area (Å²) >= 11 is 5.93. The largest absolute Gasteiger partial charge is 0.453 e. The summed E-state index contributed by atoms with van der Waals surface area (Å²) in [5.74, 6) is -0.484. The van der Waals surface area contributed by atoms with Crippen molar-refractivity contribution in [1.29, 1.82) is 0 Å². The first-order valence-electron chi connectivity index (χ1n) is 12.8. The third-order valence-corrected chi connectivity index (χ3v) is 8.21. The maximum absolute atomic E-state index is 13.7. The van der Waals surface area contributed by atoms with Crippen molar-refractivity contribution in [3.8, 4) is 0 Å². The van der Waals surface area contributed by atoms with Crippen LogP contribution in [0.1, 0.15) is 34.3 Å². The highest BCUT2D eigenvalue weighted by atomic mass is 35.5. The van der Waals surface area contributed by atoms with E-state index in [2.05, 4.69) is 5.32 Å². The molecule has 2 bridgehead atoms. The number of piperidine rings is 3. The number of fused-ring (bicyclic) bond motifs is 3. The number of hydrogen-bond donors (Lipinski definition) is 2. The number of hydrogen-bond acceptors (Lipinski definition) is 4. The second-order valence-corrected chi connectivity index (χ2v) is 10.6. The van der Waals surface area contributed by atoms with Crippen LogP contribution in [0.5, 0.6) is 0 Å². The quantitative estimate of drug-likeness (QED) is 0.346. The molecule has 3 aliphatic rings. The first kappa shape index (κ1) is 25.5. The van der Waals surface area contributed by atoms with Gasteiger partial charge in [-0.3, -0.25) is 4.79 Å². The van der Waals surface area contributed by atoms with Crippen molar-refractivity contribution in [2.75, 3.05) is 32.7 Å². The lowest BCUT2D eigenvalue weighted by Gasteiger charge is -2.52. The monoisotopic (exact) mass is 519 g/mol. The fraction of sp³-hybridized carbons (Fsp3) is 0.333. The molecule has 2 N–H and O–H groups in total. The SMILES string of the molecule is O=C(NCC[N+]12CCC(CC1)[C@@H](OC(=O)C(O)(c1ccccc1)c1ccccc1)C2)c1ccc(Cl)cc1. The minimum atomic E-state index is -1.88. The van der Waals surface area contributed by atoms with Gasteiger partial charge in [-0.1, -0.05) is 72.3 Å². The average molecular weight is 520 g/mol. The number of rotatable bonds is 8. The van der Waals surface area contributed by atoms with Gasteiger partial charge in [0.15, 0.2) is 6.10 Å². The number of benzene rings is 3. The number of esters is 1. The fourth-order valence-electron chi connectivity index (χ4n) is 5.76. The summed E-state index contributed by atoms with van der Waals surface area (Å²) in [5, 5.41) is 15.4. The summed E-state index contributed by atoms with van der Waals surface area (Å²) in [7, 11) is 0. The summed E-state index contributed by atoms with van der Waals surface area (Å²) in [4.78, 5) is 26.2. The minimum Gasteiger partial charge on any atom is -0.453 e. The molecule has 0 aliphatic carbocycles. The molecule has 1 amide bonds. The Balaban J connectivity index is 1.27. The molecule has 0 unspecified atom stereocenters. The molecule has 0 radical (unpaired) electrons. The van der Waals surface area contributed by atoms with E-state index in [1.165, 1.54) is 0 Å². The van der Waals surface area contributed by atoms with E-state index >= 15 is 0 Å². The molecule has 3 fully saturated rings. The number of quaternary nitrogens is 1. The number of halogens is 1. The molecule has 192 valence electrons. The molecule has 3 saturated heterocycles. The topological polar surface area (TPSA) is 75.6 Å². The smallest absolute Gasteiger partial charge is 0.348 e. The number of nitrogens with zero attached hydrogens (tertiary/aromatic N) is 1. The lowest BCUT2D eigenvalue weighted by atomic mass is 9.82. The Bertz CT molecular complexity index is 1190. The number of carbonyl (C=O) groups is 2. The van der Waals surface area contributed by atoms with Crippen molar-refractivity contribution >= 4 is 23.5 Å².